The number of nitrogens with zero attached hydrogens (tertiary/aromatic N) is 2. The molecule has 10 aromatic rings. The Bertz CT molecular complexity index is 3020. The molecule has 12 rings (SSSR count). The van der Waals surface area contributed by atoms with Crippen LogP contribution in [0.25, 0.3) is 44.5 Å². The van der Waals surface area contributed by atoms with Crippen molar-refractivity contribution in [3.63, 3.8) is 0 Å². The number of hydrogen-bond acceptors (Lipinski definition) is 3. The van der Waals surface area contributed by atoms with Gasteiger partial charge in [-0.1, -0.05) is 182 Å². The molecule has 0 saturated heterocycles. The fraction of sp³-hybridized carbons (Fsp3) is 0.0333. The van der Waals surface area contributed by atoms with Gasteiger partial charge in [-0.05, 0) is 126 Å². The molecule has 296 valence electrons. The van der Waals surface area contributed by atoms with Gasteiger partial charge >= 0.3 is 0 Å². The van der Waals surface area contributed by atoms with Crippen LogP contribution in [0.3, 0.4) is 0 Å². The van der Waals surface area contributed by atoms with Gasteiger partial charge in [0, 0.05) is 12.4 Å². The van der Waals surface area contributed by atoms with Gasteiger partial charge in [-0.3, -0.25) is 9.97 Å². The third-order valence-corrected chi connectivity index (χ3v) is 13.2. The Morgan fingerprint density at radius 2 is 0.635 bits per heavy atom. The number of rotatable bonds is 8. The maximum Gasteiger partial charge on any atom is 0.127 e. The molecule has 63 heavy (non-hydrogen) atoms. The molecule has 0 saturated carbocycles. The van der Waals surface area contributed by atoms with Crippen molar-refractivity contribution < 1.29 is 4.74 Å². The van der Waals surface area contributed by atoms with Crippen LogP contribution in [0.15, 0.2) is 243 Å². The fourth-order valence-electron chi connectivity index (χ4n) is 10.6. The number of fused-ring (bicyclic) bond motifs is 6. The summed E-state index contributed by atoms with van der Waals surface area (Å²) in [5.41, 5.74) is 16.9. The van der Waals surface area contributed by atoms with Crippen LogP contribution >= 0.6 is 0 Å². The van der Waals surface area contributed by atoms with E-state index >= 15 is 0 Å². The molecule has 2 aliphatic rings. The summed E-state index contributed by atoms with van der Waals surface area (Å²) in [5.74, 6) is 1.49. The molecule has 0 amide bonds. The molecule has 0 fully saturated rings. The van der Waals surface area contributed by atoms with Crippen LogP contribution < -0.4 is 4.74 Å². The monoisotopic (exact) mass is 804 g/mol. The summed E-state index contributed by atoms with van der Waals surface area (Å²) < 4.78 is 7.04. The molecule has 0 atom stereocenters. The van der Waals surface area contributed by atoms with Crippen molar-refractivity contribution in [2.75, 3.05) is 0 Å². The molecule has 0 radical (unpaired) electrons. The summed E-state index contributed by atoms with van der Waals surface area (Å²) in [4.78, 5) is 10.4. The van der Waals surface area contributed by atoms with E-state index in [0.717, 1.165) is 56.3 Å². The molecule has 2 aromatic heterocycles. The molecule has 8 aromatic carbocycles. The lowest BCUT2D eigenvalue weighted by atomic mass is 9.69. The quantitative estimate of drug-likeness (QED) is 0.153. The highest BCUT2D eigenvalue weighted by atomic mass is 16.5. The van der Waals surface area contributed by atoms with E-state index in [1.807, 2.05) is 12.4 Å². The zero-order chi connectivity index (χ0) is 41.8. The van der Waals surface area contributed by atoms with Crippen LogP contribution in [0.1, 0.15) is 44.8 Å². The van der Waals surface area contributed by atoms with Crippen molar-refractivity contribution in [3.05, 3.63) is 288 Å². The molecule has 2 aliphatic carbocycles. The molecule has 3 nitrogen and oxygen atoms in total. The predicted octanol–water partition coefficient (Wildman–Crippen LogP) is 14.3. The number of pyridine rings is 2. The zero-order valence-corrected chi connectivity index (χ0v) is 34.4. The molecule has 0 spiro atoms. The summed E-state index contributed by atoms with van der Waals surface area (Å²) in [6, 6.07) is 82.2. The first-order chi connectivity index (χ1) is 31.2. The molecule has 2 heterocycles. The van der Waals surface area contributed by atoms with Gasteiger partial charge in [0.1, 0.15) is 11.5 Å². The average molecular weight is 805 g/mol. The van der Waals surface area contributed by atoms with Gasteiger partial charge < -0.3 is 4.74 Å². The SMILES string of the molecule is c1ccc(-c2ccnc(C3(c4cccc(Oc5cccc(C6(c7cc(-c8ccccc8)ccn7)c7ccccc7-c7ccccc76)c5)c4)c4ccccc4-c4ccccc43)c2)cc1. The van der Waals surface area contributed by atoms with E-state index in [0.29, 0.717) is 0 Å². The Morgan fingerprint density at radius 1 is 0.286 bits per heavy atom. The van der Waals surface area contributed by atoms with E-state index in [1.165, 1.54) is 44.5 Å². The van der Waals surface area contributed by atoms with Gasteiger partial charge in [-0.15, -0.1) is 0 Å². The Morgan fingerprint density at radius 3 is 1.02 bits per heavy atom. The van der Waals surface area contributed by atoms with Crippen molar-refractivity contribution >= 4 is 0 Å². The van der Waals surface area contributed by atoms with E-state index in [9.17, 15) is 0 Å². The standard InChI is InChI=1S/C60H40N2O/c1-3-17-41(18-4-1)43-33-35-61-57(37-43)59(53-29-11-7-25-49(53)50-26-8-12-30-54(50)59)45-21-15-23-47(39-45)63-48-24-16-22-46(40-48)60(58-38-44(34-36-62-58)42-19-5-2-6-20-42)55-31-13-9-27-51(55)52-28-10-14-32-56(52)60/h1-40H. The van der Waals surface area contributed by atoms with E-state index in [4.69, 9.17) is 14.7 Å². The summed E-state index contributed by atoms with van der Waals surface area (Å²) in [7, 11) is 0. The first kappa shape index (κ1) is 36.7. The molecule has 0 unspecified atom stereocenters. The van der Waals surface area contributed by atoms with E-state index in [1.54, 1.807) is 0 Å². The van der Waals surface area contributed by atoms with Crippen LogP contribution in [0, 0.1) is 0 Å². The normalized spacial score (nSPS) is 13.7. The lowest BCUT2D eigenvalue weighted by molar-refractivity contribution is 0.479. The third-order valence-electron chi connectivity index (χ3n) is 13.2. The Labute approximate surface area is 367 Å². The minimum absolute atomic E-state index is 0.698. The van der Waals surface area contributed by atoms with Gasteiger partial charge in [0.2, 0.25) is 0 Å². The van der Waals surface area contributed by atoms with Crippen LogP contribution in [-0.2, 0) is 10.8 Å². The lowest BCUT2D eigenvalue weighted by Crippen LogP contribution is -2.30. The molecular weight excluding hydrogens is 765 g/mol. The van der Waals surface area contributed by atoms with Gasteiger partial charge in [0.25, 0.3) is 0 Å². The van der Waals surface area contributed by atoms with Crippen molar-refractivity contribution in [2.24, 2.45) is 0 Å². The van der Waals surface area contributed by atoms with Gasteiger partial charge in [0.05, 0.1) is 22.2 Å². The second-order valence-electron chi connectivity index (χ2n) is 16.4. The van der Waals surface area contributed by atoms with Crippen molar-refractivity contribution in [1.82, 2.24) is 9.97 Å². The van der Waals surface area contributed by atoms with Gasteiger partial charge in [-0.25, -0.2) is 0 Å². The Kier molecular flexibility index (Phi) is 8.62. The number of hydrogen-bond donors (Lipinski definition) is 0. The highest BCUT2D eigenvalue weighted by Crippen LogP contribution is 2.58. The average Bonchev–Trinajstić information content (AvgIpc) is 3.84. The second kappa shape index (κ2) is 14.8. The van der Waals surface area contributed by atoms with E-state index < -0.39 is 10.8 Å². The van der Waals surface area contributed by atoms with E-state index in [-0.39, 0.29) is 0 Å². The molecule has 0 bridgehead atoms. The maximum absolute atomic E-state index is 7.04. The zero-order valence-electron chi connectivity index (χ0n) is 34.4. The number of aromatic nitrogens is 2. The summed E-state index contributed by atoms with van der Waals surface area (Å²) in [6.45, 7) is 0. The van der Waals surface area contributed by atoms with Crippen molar-refractivity contribution in [1.29, 1.82) is 0 Å². The molecular formula is C60H40N2O. The predicted molar refractivity (Wildman–Crippen MR) is 254 cm³/mol. The van der Waals surface area contributed by atoms with Crippen LogP contribution in [0.5, 0.6) is 11.5 Å². The first-order valence-electron chi connectivity index (χ1n) is 21.5. The highest BCUT2D eigenvalue weighted by Gasteiger charge is 2.49. The molecule has 0 N–H and O–H groups in total. The third kappa shape index (κ3) is 5.67. The largest absolute Gasteiger partial charge is 0.457 e. The van der Waals surface area contributed by atoms with E-state index in [2.05, 4.69) is 231 Å². The number of benzene rings is 8. The molecule has 0 aliphatic heterocycles. The summed E-state index contributed by atoms with van der Waals surface area (Å²) >= 11 is 0. The minimum atomic E-state index is -0.698. The Hall–Kier alpha value is -8.14. The van der Waals surface area contributed by atoms with Crippen LogP contribution in [0.2, 0.25) is 0 Å². The van der Waals surface area contributed by atoms with Gasteiger partial charge in [0.15, 0.2) is 0 Å². The maximum atomic E-state index is 7.04. The first-order valence-corrected chi connectivity index (χ1v) is 21.5. The van der Waals surface area contributed by atoms with Crippen LogP contribution in [0.4, 0.5) is 0 Å². The molecule has 3 heteroatoms. The second-order valence-corrected chi connectivity index (χ2v) is 16.4. The summed E-state index contributed by atoms with van der Waals surface area (Å²) in [6.07, 6.45) is 3.91. The van der Waals surface area contributed by atoms with Crippen LogP contribution in [-0.4, -0.2) is 9.97 Å². The number of ether oxygens (including phenoxy) is 1. The minimum Gasteiger partial charge on any atom is -0.457 e. The van der Waals surface area contributed by atoms with Crippen molar-refractivity contribution in [2.45, 2.75) is 10.8 Å². The topological polar surface area (TPSA) is 35.0 Å². The Balaban J connectivity index is 1.02. The summed E-state index contributed by atoms with van der Waals surface area (Å²) in [5, 5.41) is 0. The highest BCUT2D eigenvalue weighted by molar-refractivity contribution is 5.88. The van der Waals surface area contributed by atoms with Crippen molar-refractivity contribution in [3.8, 4) is 56.0 Å². The van der Waals surface area contributed by atoms with Gasteiger partial charge in [-0.2, -0.15) is 0 Å². The lowest BCUT2D eigenvalue weighted by Gasteiger charge is -2.33. The fourth-order valence-corrected chi connectivity index (χ4v) is 10.6. The smallest absolute Gasteiger partial charge is 0.127 e.